The summed E-state index contributed by atoms with van der Waals surface area (Å²) in [5.41, 5.74) is 1.04. The number of rotatable bonds is 5. The number of nitrogens with zero attached hydrogens (tertiary/aromatic N) is 2. The standard InChI is InChI=1S/C19H24FN3O/c1-2-18(23-11-3-4-12-23)19(24)21-16-9-13-22(14-10-16)17-7-5-15(20)6-8-17/h3-8,11-12,16,18H,2,9-10,13-14H2,1H3,(H,21,24)/t18-/m0/s1. The van der Waals surface area contributed by atoms with Gasteiger partial charge in [0.05, 0.1) is 0 Å². The topological polar surface area (TPSA) is 37.3 Å². The zero-order valence-corrected chi connectivity index (χ0v) is 14.0. The second-order valence-corrected chi connectivity index (χ2v) is 6.30. The van der Waals surface area contributed by atoms with Gasteiger partial charge in [-0.1, -0.05) is 6.92 Å². The Bertz CT molecular complexity index is 646. The molecule has 1 fully saturated rings. The molecular formula is C19H24FN3O. The molecule has 0 unspecified atom stereocenters. The lowest BCUT2D eigenvalue weighted by molar-refractivity contribution is -0.125. The van der Waals surface area contributed by atoms with Gasteiger partial charge in [0.15, 0.2) is 0 Å². The molecule has 0 saturated carbocycles. The van der Waals surface area contributed by atoms with Gasteiger partial charge in [0, 0.05) is 37.2 Å². The first kappa shape index (κ1) is 16.6. The molecule has 1 aromatic heterocycles. The molecule has 2 aromatic rings. The number of carbonyl (C=O) groups excluding carboxylic acids is 1. The molecule has 1 atom stereocenters. The Morgan fingerprint density at radius 1 is 1.21 bits per heavy atom. The van der Waals surface area contributed by atoms with Gasteiger partial charge in [0.25, 0.3) is 0 Å². The van der Waals surface area contributed by atoms with Crippen LogP contribution in [0.2, 0.25) is 0 Å². The molecule has 2 heterocycles. The van der Waals surface area contributed by atoms with Crippen LogP contribution in [0.3, 0.4) is 0 Å². The summed E-state index contributed by atoms with van der Waals surface area (Å²) in [4.78, 5) is 14.8. The lowest BCUT2D eigenvalue weighted by atomic mass is 10.0. The Hall–Kier alpha value is -2.30. The molecule has 0 bridgehead atoms. The molecule has 1 saturated heterocycles. The number of anilines is 1. The summed E-state index contributed by atoms with van der Waals surface area (Å²) < 4.78 is 15.0. The average molecular weight is 329 g/mol. The predicted octanol–water partition coefficient (Wildman–Crippen LogP) is 3.36. The first-order chi connectivity index (χ1) is 11.7. The zero-order chi connectivity index (χ0) is 16.9. The highest BCUT2D eigenvalue weighted by molar-refractivity contribution is 5.80. The maximum absolute atomic E-state index is 13.0. The summed E-state index contributed by atoms with van der Waals surface area (Å²) in [6.07, 6.45) is 6.46. The largest absolute Gasteiger partial charge is 0.371 e. The van der Waals surface area contributed by atoms with E-state index in [4.69, 9.17) is 0 Å². The number of halogens is 1. The fraction of sp³-hybridized carbons (Fsp3) is 0.421. The first-order valence-corrected chi connectivity index (χ1v) is 8.60. The van der Waals surface area contributed by atoms with Crippen LogP contribution in [0.25, 0.3) is 0 Å². The third-order valence-electron chi connectivity index (χ3n) is 4.71. The lowest BCUT2D eigenvalue weighted by Gasteiger charge is -2.34. The Labute approximate surface area is 142 Å². The molecule has 1 aromatic carbocycles. The van der Waals surface area contributed by atoms with Gasteiger partial charge in [0.2, 0.25) is 5.91 Å². The molecule has 0 radical (unpaired) electrons. The first-order valence-electron chi connectivity index (χ1n) is 8.60. The molecule has 1 amide bonds. The van der Waals surface area contributed by atoms with E-state index in [0.717, 1.165) is 38.0 Å². The van der Waals surface area contributed by atoms with Crippen molar-refractivity contribution in [1.82, 2.24) is 9.88 Å². The van der Waals surface area contributed by atoms with E-state index in [1.54, 1.807) is 0 Å². The van der Waals surface area contributed by atoms with E-state index in [0.29, 0.717) is 0 Å². The highest BCUT2D eigenvalue weighted by Crippen LogP contribution is 2.21. The molecular weight excluding hydrogens is 305 g/mol. The van der Waals surface area contributed by atoms with E-state index >= 15 is 0 Å². The van der Waals surface area contributed by atoms with Crippen molar-refractivity contribution in [2.75, 3.05) is 18.0 Å². The summed E-state index contributed by atoms with van der Waals surface area (Å²) in [6, 6.07) is 10.6. The predicted molar refractivity (Wildman–Crippen MR) is 93.5 cm³/mol. The molecule has 24 heavy (non-hydrogen) atoms. The second-order valence-electron chi connectivity index (χ2n) is 6.30. The van der Waals surface area contributed by atoms with Gasteiger partial charge in [-0.25, -0.2) is 4.39 Å². The van der Waals surface area contributed by atoms with Crippen molar-refractivity contribution in [3.05, 3.63) is 54.6 Å². The zero-order valence-electron chi connectivity index (χ0n) is 14.0. The number of benzene rings is 1. The van der Waals surface area contributed by atoms with Crippen LogP contribution in [-0.4, -0.2) is 29.6 Å². The quantitative estimate of drug-likeness (QED) is 0.913. The SMILES string of the molecule is CC[C@@H](C(=O)NC1CCN(c2ccc(F)cc2)CC1)n1cccc1. The van der Waals surface area contributed by atoms with Crippen LogP contribution >= 0.6 is 0 Å². The van der Waals surface area contributed by atoms with Crippen molar-refractivity contribution in [2.24, 2.45) is 0 Å². The van der Waals surface area contributed by atoms with Crippen LogP contribution in [0.5, 0.6) is 0 Å². The van der Waals surface area contributed by atoms with E-state index in [2.05, 4.69) is 10.2 Å². The third-order valence-corrected chi connectivity index (χ3v) is 4.71. The minimum absolute atomic E-state index is 0.0916. The average Bonchev–Trinajstić information content (AvgIpc) is 3.11. The summed E-state index contributed by atoms with van der Waals surface area (Å²) in [5, 5.41) is 3.19. The molecule has 3 rings (SSSR count). The molecule has 4 nitrogen and oxygen atoms in total. The van der Waals surface area contributed by atoms with Crippen LogP contribution in [-0.2, 0) is 4.79 Å². The number of piperidine rings is 1. The highest BCUT2D eigenvalue weighted by Gasteiger charge is 2.24. The van der Waals surface area contributed by atoms with E-state index in [9.17, 15) is 9.18 Å². The van der Waals surface area contributed by atoms with Gasteiger partial charge in [-0.05, 0) is 55.7 Å². The van der Waals surface area contributed by atoms with Crippen LogP contribution in [0.4, 0.5) is 10.1 Å². The van der Waals surface area contributed by atoms with Crippen molar-refractivity contribution in [3.63, 3.8) is 0 Å². The molecule has 128 valence electrons. The van der Waals surface area contributed by atoms with E-state index < -0.39 is 0 Å². The van der Waals surface area contributed by atoms with Crippen molar-refractivity contribution in [2.45, 2.75) is 38.3 Å². The number of carbonyl (C=O) groups is 1. The van der Waals surface area contributed by atoms with Crippen LogP contribution in [0.1, 0.15) is 32.2 Å². The number of nitrogens with one attached hydrogen (secondary N) is 1. The normalized spacial score (nSPS) is 16.8. The van der Waals surface area contributed by atoms with Crippen LogP contribution in [0.15, 0.2) is 48.8 Å². The van der Waals surface area contributed by atoms with Gasteiger partial charge in [-0.15, -0.1) is 0 Å². The smallest absolute Gasteiger partial charge is 0.243 e. The van der Waals surface area contributed by atoms with Crippen molar-refractivity contribution >= 4 is 11.6 Å². The monoisotopic (exact) mass is 329 g/mol. The summed E-state index contributed by atoms with van der Waals surface area (Å²) in [5.74, 6) is -0.120. The molecule has 0 aliphatic carbocycles. The van der Waals surface area contributed by atoms with Crippen molar-refractivity contribution in [1.29, 1.82) is 0 Å². The lowest BCUT2D eigenvalue weighted by Crippen LogP contribution is -2.46. The van der Waals surface area contributed by atoms with Gasteiger partial charge in [-0.2, -0.15) is 0 Å². The summed E-state index contributed by atoms with van der Waals surface area (Å²) in [7, 11) is 0. The number of hydrogen-bond acceptors (Lipinski definition) is 2. The minimum Gasteiger partial charge on any atom is -0.371 e. The molecule has 1 N–H and O–H groups in total. The van der Waals surface area contributed by atoms with Crippen LogP contribution in [0, 0.1) is 5.82 Å². The minimum atomic E-state index is -0.212. The Morgan fingerprint density at radius 2 is 1.83 bits per heavy atom. The van der Waals surface area contributed by atoms with Crippen molar-refractivity contribution in [3.8, 4) is 0 Å². The maximum atomic E-state index is 13.0. The Balaban J connectivity index is 1.53. The summed E-state index contributed by atoms with van der Waals surface area (Å²) >= 11 is 0. The van der Waals surface area contributed by atoms with E-state index in [1.807, 2.05) is 48.1 Å². The van der Waals surface area contributed by atoms with Gasteiger partial charge in [-0.3, -0.25) is 4.79 Å². The van der Waals surface area contributed by atoms with Gasteiger partial charge >= 0.3 is 0 Å². The van der Waals surface area contributed by atoms with Gasteiger partial charge < -0.3 is 14.8 Å². The number of aromatic nitrogens is 1. The molecule has 1 aliphatic rings. The van der Waals surface area contributed by atoms with Crippen LogP contribution < -0.4 is 10.2 Å². The molecule has 1 aliphatic heterocycles. The summed E-state index contributed by atoms with van der Waals surface area (Å²) in [6.45, 7) is 3.77. The molecule has 0 spiro atoms. The second kappa shape index (κ2) is 7.51. The fourth-order valence-corrected chi connectivity index (χ4v) is 3.32. The fourth-order valence-electron chi connectivity index (χ4n) is 3.32. The Kier molecular flexibility index (Phi) is 5.18. The number of amides is 1. The Morgan fingerprint density at radius 3 is 2.42 bits per heavy atom. The maximum Gasteiger partial charge on any atom is 0.243 e. The van der Waals surface area contributed by atoms with Crippen molar-refractivity contribution < 1.29 is 9.18 Å². The number of hydrogen-bond donors (Lipinski definition) is 1. The molecule has 5 heteroatoms. The van der Waals surface area contributed by atoms with E-state index in [1.165, 1.54) is 12.1 Å². The van der Waals surface area contributed by atoms with E-state index in [-0.39, 0.29) is 23.8 Å². The van der Waals surface area contributed by atoms with Gasteiger partial charge in [0.1, 0.15) is 11.9 Å². The highest BCUT2D eigenvalue weighted by atomic mass is 19.1. The third kappa shape index (κ3) is 3.78.